The molecule has 0 aliphatic carbocycles. The number of thiazole rings is 1. The van der Waals surface area contributed by atoms with E-state index in [0.29, 0.717) is 5.88 Å². The third-order valence-electron chi connectivity index (χ3n) is 3.70. The van der Waals surface area contributed by atoms with Crippen molar-refractivity contribution in [2.24, 2.45) is 0 Å². The number of halogens is 1. The number of hydrogen-bond acceptors (Lipinski definition) is 5. The maximum atomic E-state index is 9.00. The van der Waals surface area contributed by atoms with Crippen LogP contribution in [0.15, 0.2) is 5.38 Å². The lowest BCUT2D eigenvalue weighted by molar-refractivity contribution is 0.196. The van der Waals surface area contributed by atoms with Gasteiger partial charge in [-0.1, -0.05) is 0 Å². The molecular formula is C14H24ClN3OS. The van der Waals surface area contributed by atoms with Gasteiger partial charge in [-0.25, -0.2) is 4.98 Å². The first-order valence-corrected chi connectivity index (χ1v) is 8.78. The van der Waals surface area contributed by atoms with Gasteiger partial charge in [0, 0.05) is 31.4 Å². The maximum Gasteiger partial charge on any atom is 0.0929 e. The van der Waals surface area contributed by atoms with Crippen LogP contribution in [0.25, 0.3) is 0 Å². The zero-order valence-electron chi connectivity index (χ0n) is 11.9. The van der Waals surface area contributed by atoms with Crippen LogP contribution in [0.4, 0.5) is 0 Å². The van der Waals surface area contributed by atoms with Crippen LogP contribution in [-0.2, 0) is 12.3 Å². The summed E-state index contributed by atoms with van der Waals surface area (Å²) in [6.07, 6.45) is 3.42. The highest BCUT2D eigenvalue weighted by Gasteiger charge is 2.14. The van der Waals surface area contributed by atoms with Gasteiger partial charge >= 0.3 is 0 Å². The highest BCUT2D eigenvalue weighted by molar-refractivity contribution is 7.09. The van der Waals surface area contributed by atoms with Gasteiger partial charge in [-0.15, -0.1) is 22.9 Å². The molecule has 0 unspecified atom stereocenters. The molecule has 0 bridgehead atoms. The third kappa shape index (κ3) is 5.30. The van der Waals surface area contributed by atoms with Gasteiger partial charge < -0.3 is 10.0 Å². The minimum Gasteiger partial charge on any atom is -0.395 e. The predicted octanol–water partition coefficient (Wildman–Crippen LogP) is 1.81. The number of aryl methyl sites for hydroxylation is 1. The first-order valence-electron chi connectivity index (χ1n) is 7.36. The van der Waals surface area contributed by atoms with E-state index in [1.807, 2.05) is 0 Å². The Morgan fingerprint density at radius 1 is 1.20 bits per heavy atom. The van der Waals surface area contributed by atoms with Crippen LogP contribution in [0.2, 0.25) is 0 Å². The fraction of sp³-hybridized carbons (Fsp3) is 0.786. The molecule has 1 aromatic heterocycles. The standard InChI is InChI=1S/C14H24ClN3OS/c15-11-13-12-20-14(16-13)3-1-4-17-5-2-6-18(8-7-17)9-10-19/h12,19H,1-11H2. The molecule has 2 rings (SSSR count). The van der Waals surface area contributed by atoms with Crippen molar-refractivity contribution in [2.45, 2.75) is 25.1 Å². The van der Waals surface area contributed by atoms with Crippen molar-refractivity contribution in [1.29, 1.82) is 0 Å². The second-order valence-electron chi connectivity index (χ2n) is 5.23. The smallest absolute Gasteiger partial charge is 0.0929 e. The van der Waals surface area contributed by atoms with E-state index in [9.17, 15) is 0 Å². The SMILES string of the molecule is OCCN1CCCN(CCCc2nc(CCl)cs2)CC1. The molecule has 1 aromatic rings. The zero-order chi connectivity index (χ0) is 14.2. The summed E-state index contributed by atoms with van der Waals surface area (Å²) in [5, 5.41) is 12.3. The van der Waals surface area contributed by atoms with Crippen LogP contribution < -0.4 is 0 Å². The van der Waals surface area contributed by atoms with Crippen molar-refractivity contribution in [2.75, 3.05) is 45.9 Å². The molecule has 0 spiro atoms. The van der Waals surface area contributed by atoms with Crippen molar-refractivity contribution in [3.8, 4) is 0 Å². The summed E-state index contributed by atoms with van der Waals surface area (Å²) in [7, 11) is 0. The normalized spacial score (nSPS) is 18.3. The summed E-state index contributed by atoms with van der Waals surface area (Å²) in [5.74, 6) is 0.517. The van der Waals surface area contributed by atoms with Crippen LogP contribution in [0.5, 0.6) is 0 Å². The van der Waals surface area contributed by atoms with Crippen LogP contribution in [0, 0.1) is 0 Å². The van der Waals surface area contributed by atoms with Gasteiger partial charge in [-0.3, -0.25) is 4.90 Å². The highest BCUT2D eigenvalue weighted by atomic mass is 35.5. The van der Waals surface area contributed by atoms with Crippen molar-refractivity contribution in [3.63, 3.8) is 0 Å². The summed E-state index contributed by atoms with van der Waals surface area (Å²) >= 11 is 7.49. The average Bonchev–Trinajstić information content (AvgIpc) is 2.80. The van der Waals surface area contributed by atoms with Gasteiger partial charge in [0.15, 0.2) is 0 Å². The molecule has 4 nitrogen and oxygen atoms in total. The molecule has 20 heavy (non-hydrogen) atoms. The fourth-order valence-corrected chi connectivity index (χ4v) is 3.66. The van der Waals surface area contributed by atoms with Gasteiger partial charge in [0.1, 0.15) is 0 Å². The second kappa shape index (κ2) is 8.95. The fourth-order valence-electron chi connectivity index (χ4n) is 2.59. The largest absolute Gasteiger partial charge is 0.395 e. The van der Waals surface area contributed by atoms with E-state index in [1.165, 1.54) is 18.0 Å². The summed E-state index contributed by atoms with van der Waals surface area (Å²) in [5.41, 5.74) is 1.00. The van der Waals surface area contributed by atoms with E-state index in [0.717, 1.165) is 51.3 Å². The van der Waals surface area contributed by atoms with E-state index < -0.39 is 0 Å². The minimum atomic E-state index is 0.271. The van der Waals surface area contributed by atoms with Gasteiger partial charge in [0.05, 0.1) is 23.2 Å². The first kappa shape index (κ1) is 16.2. The maximum absolute atomic E-state index is 9.00. The second-order valence-corrected chi connectivity index (χ2v) is 6.44. The molecule has 0 radical (unpaired) electrons. The van der Waals surface area contributed by atoms with Gasteiger partial charge in [0.25, 0.3) is 0 Å². The number of aliphatic hydroxyl groups is 1. The van der Waals surface area contributed by atoms with Gasteiger partial charge in [-0.2, -0.15) is 0 Å². The zero-order valence-corrected chi connectivity index (χ0v) is 13.5. The Hall–Kier alpha value is -0.200. The summed E-state index contributed by atoms with van der Waals surface area (Å²) in [4.78, 5) is 9.39. The van der Waals surface area contributed by atoms with Crippen molar-refractivity contribution >= 4 is 22.9 Å². The summed E-state index contributed by atoms with van der Waals surface area (Å²) < 4.78 is 0. The number of β-amino-alcohol motifs (C(OH)–C–C–N with tert-alkyl or cyclic N) is 1. The number of hydrogen-bond donors (Lipinski definition) is 1. The van der Waals surface area contributed by atoms with Crippen LogP contribution in [0.1, 0.15) is 23.5 Å². The third-order valence-corrected chi connectivity index (χ3v) is 4.93. The quantitative estimate of drug-likeness (QED) is 0.779. The Morgan fingerprint density at radius 2 is 1.95 bits per heavy atom. The Morgan fingerprint density at radius 3 is 2.60 bits per heavy atom. The average molecular weight is 318 g/mol. The van der Waals surface area contributed by atoms with Gasteiger partial charge in [0.2, 0.25) is 0 Å². The van der Waals surface area contributed by atoms with Crippen LogP contribution >= 0.6 is 22.9 Å². The van der Waals surface area contributed by atoms with Crippen molar-refractivity contribution in [3.05, 3.63) is 16.1 Å². The molecule has 0 aromatic carbocycles. The van der Waals surface area contributed by atoms with E-state index in [1.54, 1.807) is 11.3 Å². The molecule has 0 atom stereocenters. The molecule has 1 aliphatic heterocycles. The van der Waals surface area contributed by atoms with E-state index >= 15 is 0 Å². The predicted molar refractivity (Wildman–Crippen MR) is 84.6 cm³/mol. The monoisotopic (exact) mass is 317 g/mol. The molecule has 1 N–H and O–H groups in total. The lowest BCUT2D eigenvalue weighted by Crippen LogP contribution is -2.33. The molecular weight excluding hydrogens is 294 g/mol. The lowest BCUT2D eigenvalue weighted by Gasteiger charge is -2.20. The number of rotatable bonds is 7. The molecule has 0 saturated carbocycles. The van der Waals surface area contributed by atoms with E-state index in [4.69, 9.17) is 16.7 Å². The van der Waals surface area contributed by atoms with Gasteiger partial charge in [-0.05, 0) is 32.5 Å². The first-order chi connectivity index (χ1) is 9.81. The van der Waals surface area contributed by atoms with E-state index in [-0.39, 0.29) is 6.61 Å². The Bertz CT molecular complexity index is 388. The number of nitrogens with zero attached hydrogens (tertiary/aromatic N) is 3. The molecule has 1 saturated heterocycles. The summed E-state index contributed by atoms with van der Waals surface area (Å²) in [6, 6.07) is 0. The Labute approximate surface area is 130 Å². The van der Waals surface area contributed by atoms with Crippen molar-refractivity contribution < 1.29 is 5.11 Å². The molecule has 1 fully saturated rings. The number of aromatic nitrogens is 1. The highest BCUT2D eigenvalue weighted by Crippen LogP contribution is 2.14. The molecule has 6 heteroatoms. The topological polar surface area (TPSA) is 39.6 Å². The van der Waals surface area contributed by atoms with Crippen LogP contribution in [-0.4, -0.2) is 65.8 Å². The van der Waals surface area contributed by atoms with Crippen molar-refractivity contribution in [1.82, 2.24) is 14.8 Å². The Kier molecular flexibility index (Phi) is 7.24. The molecule has 0 amide bonds. The lowest BCUT2D eigenvalue weighted by atomic mass is 10.3. The molecule has 1 aliphatic rings. The molecule has 114 valence electrons. The minimum absolute atomic E-state index is 0.271. The van der Waals surface area contributed by atoms with Crippen LogP contribution in [0.3, 0.4) is 0 Å². The molecule has 2 heterocycles. The number of aliphatic hydroxyl groups excluding tert-OH is 1. The summed E-state index contributed by atoms with van der Waals surface area (Å²) in [6.45, 7) is 6.71. The number of alkyl halides is 1. The Balaban J connectivity index is 1.66. The van der Waals surface area contributed by atoms with E-state index in [2.05, 4.69) is 20.2 Å².